The molecule has 1 atom stereocenters. The Morgan fingerprint density at radius 1 is 1.00 bits per heavy atom. The van der Waals surface area contributed by atoms with Crippen LogP contribution in [0.3, 0.4) is 0 Å². The number of nitrogens with zero attached hydrogens (tertiary/aromatic N) is 1. The lowest BCUT2D eigenvalue weighted by molar-refractivity contribution is -0.136. The highest BCUT2D eigenvalue weighted by Crippen LogP contribution is 2.44. The van der Waals surface area contributed by atoms with E-state index in [4.69, 9.17) is 9.84 Å². The summed E-state index contributed by atoms with van der Waals surface area (Å²) in [6, 6.07) is 18.4. The first-order valence-electron chi connectivity index (χ1n) is 11.1. The Morgan fingerprint density at radius 3 is 2.21 bits per heavy atom. The minimum atomic E-state index is -0.984. The van der Waals surface area contributed by atoms with Gasteiger partial charge in [-0.3, -0.25) is 14.6 Å². The summed E-state index contributed by atoms with van der Waals surface area (Å²) in [6.45, 7) is 1.94. The molecule has 1 aliphatic rings. The van der Waals surface area contributed by atoms with Gasteiger partial charge in [0.1, 0.15) is 12.6 Å². The third kappa shape index (κ3) is 5.06. The lowest BCUT2D eigenvalue weighted by Gasteiger charge is -2.18. The highest BCUT2D eigenvalue weighted by Gasteiger charge is 2.29. The van der Waals surface area contributed by atoms with Crippen molar-refractivity contribution in [3.05, 3.63) is 83.7 Å². The van der Waals surface area contributed by atoms with Crippen molar-refractivity contribution in [3.63, 3.8) is 0 Å². The standard InChI is InChI=1S/C26H25N3O5/c1-2-23(25(32)28-17-12-11-16(27-14-17)13-24(30)31)29-26(33)34-15-22-20-9-5-3-7-18(20)19-8-4-6-10-21(19)22/h3-12,14,22-23H,2,13,15H2,1H3,(H,28,32)(H,29,33)(H,30,31)/t23-/m0/s1. The number of fused-ring (bicyclic) bond motifs is 3. The van der Waals surface area contributed by atoms with E-state index in [2.05, 4.69) is 27.8 Å². The minimum Gasteiger partial charge on any atom is -0.481 e. The Hall–Kier alpha value is -4.20. The zero-order valence-corrected chi connectivity index (χ0v) is 18.7. The zero-order valence-electron chi connectivity index (χ0n) is 18.7. The van der Waals surface area contributed by atoms with Gasteiger partial charge in [-0.15, -0.1) is 0 Å². The summed E-state index contributed by atoms with van der Waals surface area (Å²) in [7, 11) is 0. The Balaban J connectivity index is 1.35. The van der Waals surface area contributed by atoms with Crippen LogP contribution in [0, 0.1) is 0 Å². The van der Waals surface area contributed by atoms with Gasteiger partial charge in [-0.2, -0.15) is 0 Å². The van der Waals surface area contributed by atoms with Gasteiger partial charge >= 0.3 is 12.1 Å². The lowest BCUT2D eigenvalue weighted by Crippen LogP contribution is -2.43. The van der Waals surface area contributed by atoms with Crippen molar-refractivity contribution in [2.24, 2.45) is 0 Å². The molecule has 4 rings (SSSR count). The average molecular weight is 460 g/mol. The fourth-order valence-corrected chi connectivity index (χ4v) is 4.12. The summed E-state index contributed by atoms with van der Waals surface area (Å²) in [5, 5.41) is 14.1. The molecule has 2 aromatic carbocycles. The van der Waals surface area contributed by atoms with Gasteiger partial charge in [0.05, 0.1) is 24.0 Å². The van der Waals surface area contributed by atoms with Crippen molar-refractivity contribution >= 4 is 23.7 Å². The fraction of sp³-hybridized carbons (Fsp3) is 0.231. The van der Waals surface area contributed by atoms with Crippen LogP contribution in [0.4, 0.5) is 10.5 Å². The molecule has 174 valence electrons. The van der Waals surface area contributed by atoms with Gasteiger partial charge in [0.25, 0.3) is 0 Å². The summed E-state index contributed by atoms with van der Waals surface area (Å²) in [5.41, 5.74) is 5.29. The first kappa shape index (κ1) is 23.0. The molecule has 8 heteroatoms. The minimum absolute atomic E-state index is 0.0672. The molecule has 8 nitrogen and oxygen atoms in total. The number of aromatic nitrogens is 1. The van der Waals surface area contributed by atoms with Crippen molar-refractivity contribution in [1.29, 1.82) is 0 Å². The van der Waals surface area contributed by atoms with Crippen molar-refractivity contribution in [1.82, 2.24) is 10.3 Å². The maximum absolute atomic E-state index is 12.6. The molecule has 0 spiro atoms. The fourth-order valence-electron chi connectivity index (χ4n) is 4.12. The molecule has 0 bridgehead atoms. The number of amides is 2. The Bertz CT molecular complexity index is 1160. The van der Waals surface area contributed by atoms with E-state index in [1.54, 1.807) is 13.0 Å². The van der Waals surface area contributed by atoms with E-state index in [0.29, 0.717) is 17.8 Å². The second-order valence-corrected chi connectivity index (χ2v) is 8.03. The number of alkyl carbamates (subject to hydrolysis) is 1. The number of pyridine rings is 1. The molecular formula is C26H25N3O5. The number of carboxylic acid groups (broad SMARTS) is 1. The molecule has 1 aliphatic carbocycles. The molecular weight excluding hydrogens is 434 g/mol. The molecule has 1 aromatic heterocycles. The monoisotopic (exact) mass is 459 g/mol. The molecule has 34 heavy (non-hydrogen) atoms. The van der Waals surface area contributed by atoms with Crippen LogP contribution < -0.4 is 10.6 Å². The van der Waals surface area contributed by atoms with Crippen LogP contribution in [0.5, 0.6) is 0 Å². The number of nitrogens with one attached hydrogen (secondary N) is 2. The van der Waals surface area contributed by atoms with E-state index < -0.39 is 24.0 Å². The number of rotatable bonds is 8. The SMILES string of the molecule is CC[C@H](NC(=O)OCC1c2ccccc2-c2ccccc21)C(=O)Nc1ccc(CC(=O)O)nc1. The van der Waals surface area contributed by atoms with Crippen molar-refractivity contribution in [2.45, 2.75) is 31.7 Å². The highest BCUT2D eigenvalue weighted by molar-refractivity contribution is 5.96. The summed E-state index contributed by atoms with van der Waals surface area (Å²) in [5.74, 6) is -1.46. The molecule has 0 unspecified atom stereocenters. The molecule has 0 aliphatic heterocycles. The molecule has 0 radical (unpaired) electrons. The van der Waals surface area contributed by atoms with Gasteiger partial charge in [-0.05, 0) is 40.8 Å². The van der Waals surface area contributed by atoms with Crippen LogP contribution in [0.2, 0.25) is 0 Å². The summed E-state index contributed by atoms with van der Waals surface area (Å²) < 4.78 is 5.53. The first-order valence-corrected chi connectivity index (χ1v) is 11.1. The predicted octanol–water partition coefficient (Wildman–Crippen LogP) is 3.96. The Kier molecular flexibility index (Phi) is 6.87. The average Bonchev–Trinajstić information content (AvgIpc) is 3.16. The summed E-state index contributed by atoms with van der Waals surface area (Å²) >= 11 is 0. The van der Waals surface area contributed by atoms with Crippen molar-refractivity contribution < 1.29 is 24.2 Å². The van der Waals surface area contributed by atoms with Gasteiger partial charge in [0.2, 0.25) is 5.91 Å². The van der Waals surface area contributed by atoms with Crippen LogP contribution in [0.1, 0.15) is 36.1 Å². The number of carbonyl (C=O) groups is 3. The van der Waals surface area contributed by atoms with Gasteiger partial charge < -0.3 is 20.5 Å². The number of hydrogen-bond acceptors (Lipinski definition) is 5. The summed E-state index contributed by atoms with van der Waals surface area (Å²) in [6.07, 6.45) is 0.880. The van der Waals surface area contributed by atoms with Gasteiger partial charge in [-0.25, -0.2) is 4.79 Å². The molecule has 3 aromatic rings. The molecule has 0 saturated carbocycles. The largest absolute Gasteiger partial charge is 0.481 e. The number of carboxylic acids is 1. The third-order valence-corrected chi connectivity index (χ3v) is 5.79. The first-order chi connectivity index (χ1) is 16.5. The van der Waals surface area contributed by atoms with Crippen LogP contribution in [0.15, 0.2) is 66.9 Å². The van der Waals surface area contributed by atoms with Gasteiger partial charge in [0.15, 0.2) is 0 Å². The second-order valence-electron chi connectivity index (χ2n) is 8.03. The quantitative estimate of drug-likeness (QED) is 0.469. The van der Waals surface area contributed by atoms with E-state index in [1.807, 2.05) is 36.4 Å². The zero-order chi connectivity index (χ0) is 24.1. The number of benzene rings is 2. The van der Waals surface area contributed by atoms with Crippen LogP contribution in [0.25, 0.3) is 11.1 Å². The third-order valence-electron chi connectivity index (χ3n) is 5.79. The highest BCUT2D eigenvalue weighted by atomic mass is 16.5. The molecule has 1 heterocycles. The van der Waals surface area contributed by atoms with E-state index in [1.165, 1.54) is 12.3 Å². The normalized spacial score (nSPS) is 12.9. The van der Waals surface area contributed by atoms with Gasteiger partial charge in [-0.1, -0.05) is 55.5 Å². The predicted molar refractivity (Wildman–Crippen MR) is 126 cm³/mol. The van der Waals surface area contributed by atoms with Crippen molar-refractivity contribution in [2.75, 3.05) is 11.9 Å². The van der Waals surface area contributed by atoms with Crippen molar-refractivity contribution in [3.8, 4) is 11.1 Å². The number of ether oxygens (including phenoxy) is 1. The lowest BCUT2D eigenvalue weighted by atomic mass is 9.98. The number of carbonyl (C=O) groups excluding carboxylic acids is 2. The van der Waals surface area contributed by atoms with E-state index in [0.717, 1.165) is 22.3 Å². The number of anilines is 1. The number of aliphatic carboxylic acids is 1. The maximum atomic E-state index is 12.6. The van der Waals surface area contributed by atoms with Crippen LogP contribution in [-0.4, -0.2) is 40.7 Å². The topological polar surface area (TPSA) is 118 Å². The van der Waals surface area contributed by atoms with Crippen LogP contribution in [-0.2, 0) is 20.7 Å². The molecule has 0 fully saturated rings. The van der Waals surface area contributed by atoms with Crippen LogP contribution >= 0.6 is 0 Å². The molecule has 0 saturated heterocycles. The van der Waals surface area contributed by atoms with E-state index >= 15 is 0 Å². The Morgan fingerprint density at radius 2 is 1.65 bits per heavy atom. The Labute approximate surface area is 197 Å². The van der Waals surface area contributed by atoms with E-state index in [-0.39, 0.29) is 18.9 Å². The molecule has 2 amide bonds. The van der Waals surface area contributed by atoms with Gasteiger partial charge in [0, 0.05) is 5.92 Å². The molecule has 3 N–H and O–H groups in total. The second kappa shape index (κ2) is 10.2. The smallest absolute Gasteiger partial charge is 0.407 e. The van der Waals surface area contributed by atoms with E-state index in [9.17, 15) is 14.4 Å². The summed E-state index contributed by atoms with van der Waals surface area (Å²) in [4.78, 5) is 39.9. The maximum Gasteiger partial charge on any atom is 0.407 e. The number of hydrogen-bond donors (Lipinski definition) is 3.